The van der Waals surface area contributed by atoms with Gasteiger partial charge in [0.2, 0.25) is 5.91 Å². The average Bonchev–Trinajstić information content (AvgIpc) is 3.02. The molecule has 2 aromatic heterocycles. The van der Waals surface area contributed by atoms with Gasteiger partial charge in [0.15, 0.2) is 10.8 Å². The lowest BCUT2D eigenvalue weighted by molar-refractivity contribution is -0.119. The van der Waals surface area contributed by atoms with Crippen molar-refractivity contribution >= 4 is 46.5 Å². The van der Waals surface area contributed by atoms with Crippen LogP contribution in [0.3, 0.4) is 0 Å². The highest BCUT2D eigenvalue weighted by Crippen LogP contribution is 2.25. The van der Waals surface area contributed by atoms with Gasteiger partial charge in [0.05, 0.1) is 21.8 Å². The van der Waals surface area contributed by atoms with Gasteiger partial charge >= 0.3 is 0 Å². The molecule has 0 fully saturated rings. The van der Waals surface area contributed by atoms with Crippen LogP contribution in [0.25, 0.3) is 5.65 Å². The molecule has 0 radical (unpaired) electrons. The molecular weight excluding hydrogens is 391 g/mol. The van der Waals surface area contributed by atoms with E-state index in [-0.39, 0.29) is 17.7 Å². The molecule has 0 aliphatic heterocycles. The minimum absolute atomic E-state index is 0.0114. The molecule has 0 saturated heterocycles. The summed E-state index contributed by atoms with van der Waals surface area (Å²) < 4.78 is 1.69. The van der Waals surface area contributed by atoms with Crippen LogP contribution in [0.1, 0.15) is 30.5 Å². The van der Waals surface area contributed by atoms with E-state index in [4.69, 9.17) is 23.2 Å². The molecule has 2 heterocycles. The van der Waals surface area contributed by atoms with Crippen LogP contribution >= 0.6 is 35.0 Å². The molecule has 3 rings (SSSR count). The summed E-state index contributed by atoms with van der Waals surface area (Å²) in [5.74, 6) is 0.167. The molecule has 1 aromatic carbocycles. The molecule has 1 N–H and O–H groups in total. The Labute approximate surface area is 166 Å². The normalized spacial score (nSPS) is 12.3. The van der Waals surface area contributed by atoms with Gasteiger partial charge in [0, 0.05) is 6.20 Å². The van der Waals surface area contributed by atoms with Crippen LogP contribution in [0.2, 0.25) is 10.0 Å². The summed E-state index contributed by atoms with van der Waals surface area (Å²) in [4.78, 5) is 12.4. The summed E-state index contributed by atoms with van der Waals surface area (Å²) >= 11 is 13.4. The van der Waals surface area contributed by atoms with Crippen molar-refractivity contribution in [1.29, 1.82) is 0 Å². The molecule has 136 valence electrons. The van der Waals surface area contributed by atoms with Crippen LogP contribution < -0.4 is 5.32 Å². The first-order valence-electron chi connectivity index (χ1n) is 8.16. The highest BCUT2D eigenvalue weighted by atomic mass is 35.5. The van der Waals surface area contributed by atoms with E-state index in [0.717, 1.165) is 12.0 Å². The highest BCUT2D eigenvalue weighted by Gasteiger charge is 2.15. The zero-order valence-corrected chi connectivity index (χ0v) is 16.7. The van der Waals surface area contributed by atoms with Crippen LogP contribution in [-0.2, 0) is 4.79 Å². The summed E-state index contributed by atoms with van der Waals surface area (Å²) in [6.07, 6.45) is 2.50. The van der Waals surface area contributed by atoms with Crippen LogP contribution in [-0.4, -0.2) is 26.3 Å². The third-order valence-corrected chi connectivity index (χ3v) is 5.38. The fraction of sp³-hybridized carbons (Fsp3) is 0.278. The predicted octanol–water partition coefficient (Wildman–Crippen LogP) is 4.70. The van der Waals surface area contributed by atoms with E-state index in [9.17, 15) is 4.79 Å². The zero-order valence-electron chi connectivity index (χ0n) is 14.4. The van der Waals surface area contributed by atoms with Crippen molar-refractivity contribution in [2.24, 2.45) is 0 Å². The number of nitrogens with one attached hydrogen (secondary N) is 1. The molecular formula is C18H18Cl2N4OS. The highest BCUT2D eigenvalue weighted by molar-refractivity contribution is 7.99. The molecule has 0 aliphatic carbocycles. The van der Waals surface area contributed by atoms with Gasteiger partial charge in [-0.05, 0) is 25.0 Å². The first kappa shape index (κ1) is 19.0. The van der Waals surface area contributed by atoms with Gasteiger partial charge in [-0.3, -0.25) is 9.20 Å². The summed E-state index contributed by atoms with van der Waals surface area (Å²) in [6.45, 7) is 4.09. The topological polar surface area (TPSA) is 59.3 Å². The summed E-state index contributed by atoms with van der Waals surface area (Å²) in [6, 6.07) is 9.80. The number of carbonyl (C=O) groups is 1. The number of hydrogen-bond acceptors (Lipinski definition) is 4. The number of nitrogens with zero attached hydrogens (tertiary/aromatic N) is 3. The predicted molar refractivity (Wildman–Crippen MR) is 106 cm³/mol. The third-order valence-electron chi connectivity index (χ3n) is 3.95. The largest absolute Gasteiger partial charge is 0.349 e. The lowest BCUT2D eigenvalue weighted by Gasteiger charge is -2.17. The van der Waals surface area contributed by atoms with E-state index in [0.29, 0.717) is 20.8 Å². The van der Waals surface area contributed by atoms with Gasteiger partial charge in [0.25, 0.3) is 0 Å². The summed E-state index contributed by atoms with van der Waals surface area (Å²) in [5.41, 5.74) is 2.81. The summed E-state index contributed by atoms with van der Waals surface area (Å²) in [7, 11) is 0. The number of aromatic nitrogens is 3. The van der Waals surface area contributed by atoms with E-state index in [1.807, 2.05) is 26.0 Å². The Kier molecular flexibility index (Phi) is 6.06. The zero-order chi connectivity index (χ0) is 18.7. The molecule has 26 heavy (non-hydrogen) atoms. The molecule has 1 amide bonds. The molecule has 0 spiro atoms. The van der Waals surface area contributed by atoms with Crippen molar-refractivity contribution in [2.75, 3.05) is 5.75 Å². The van der Waals surface area contributed by atoms with Crippen molar-refractivity contribution in [3.8, 4) is 0 Å². The standard InChI is InChI=1S/C18H18Cl2N4OS/c1-3-15(12-6-4-11(2)5-7-12)21-16(25)10-26-18-23-22-17-14(20)8-13(19)9-24(17)18/h4-9,15H,3,10H2,1-2H3,(H,21,25)/t15-/m0/s1. The molecule has 0 unspecified atom stereocenters. The molecule has 5 nitrogen and oxygen atoms in total. The Balaban J connectivity index is 1.66. The number of halogens is 2. The second-order valence-corrected chi connectivity index (χ2v) is 7.70. The number of thioether (sulfide) groups is 1. The monoisotopic (exact) mass is 408 g/mol. The number of hydrogen-bond donors (Lipinski definition) is 1. The quantitative estimate of drug-likeness (QED) is 0.600. The van der Waals surface area contributed by atoms with Gasteiger partial charge in [-0.1, -0.05) is 71.7 Å². The Morgan fingerprint density at radius 2 is 2.00 bits per heavy atom. The van der Waals surface area contributed by atoms with Crippen LogP contribution in [0, 0.1) is 6.92 Å². The number of pyridine rings is 1. The SMILES string of the molecule is CC[C@H](NC(=O)CSc1nnc2c(Cl)cc(Cl)cn12)c1ccc(C)cc1. The van der Waals surface area contributed by atoms with Crippen molar-refractivity contribution < 1.29 is 4.79 Å². The van der Waals surface area contributed by atoms with Crippen molar-refractivity contribution in [3.05, 3.63) is 57.7 Å². The fourth-order valence-electron chi connectivity index (χ4n) is 2.59. The summed E-state index contributed by atoms with van der Waals surface area (Å²) in [5, 5.41) is 12.7. The number of aryl methyl sites for hydroxylation is 1. The maximum Gasteiger partial charge on any atom is 0.230 e. The minimum Gasteiger partial charge on any atom is -0.349 e. The second kappa shape index (κ2) is 8.29. The first-order valence-corrected chi connectivity index (χ1v) is 9.90. The number of benzene rings is 1. The Morgan fingerprint density at radius 3 is 2.69 bits per heavy atom. The van der Waals surface area contributed by atoms with E-state index < -0.39 is 0 Å². The lowest BCUT2D eigenvalue weighted by atomic mass is 10.0. The molecule has 0 bridgehead atoms. The van der Waals surface area contributed by atoms with Gasteiger partial charge in [0.1, 0.15) is 0 Å². The second-order valence-electron chi connectivity index (χ2n) is 5.91. The number of rotatable bonds is 6. The molecule has 0 saturated carbocycles. The number of carbonyl (C=O) groups excluding carboxylic acids is 1. The maximum atomic E-state index is 12.4. The molecule has 3 aromatic rings. The van der Waals surface area contributed by atoms with E-state index in [1.54, 1.807) is 16.7 Å². The van der Waals surface area contributed by atoms with Crippen LogP contribution in [0.15, 0.2) is 41.7 Å². The van der Waals surface area contributed by atoms with Crippen LogP contribution in [0.5, 0.6) is 0 Å². The Hall–Kier alpha value is -1.76. The average molecular weight is 409 g/mol. The smallest absolute Gasteiger partial charge is 0.230 e. The van der Waals surface area contributed by atoms with E-state index in [2.05, 4.69) is 27.6 Å². The number of amides is 1. The molecule has 8 heteroatoms. The Morgan fingerprint density at radius 1 is 1.27 bits per heavy atom. The first-order chi connectivity index (χ1) is 12.5. The third kappa shape index (κ3) is 4.31. The minimum atomic E-state index is -0.0627. The lowest BCUT2D eigenvalue weighted by Crippen LogP contribution is -2.29. The molecule has 0 aliphatic rings. The van der Waals surface area contributed by atoms with Gasteiger partial charge in [-0.25, -0.2) is 0 Å². The number of fused-ring (bicyclic) bond motifs is 1. The van der Waals surface area contributed by atoms with Crippen molar-refractivity contribution in [3.63, 3.8) is 0 Å². The van der Waals surface area contributed by atoms with Gasteiger partial charge in [-0.2, -0.15) is 0 Å². The van der Waals surface area contributed by atoms with E-state index >= 15 is 0 Å². The van der Waals surface area contributed by atoms with Crippen molar-refractivity contribution in [1.82, 2.24) is 19.9 Å². The van der Waals surface area contributed by atoms with Crippen LogP contribution in [0.4, 0.5) is 0 Å². The van der Waals surface area contributed by atoms with Gasteiger partial charge in [-0.15, -0.1) is 10.2 Å². The molecule has 1 atom stereocenters. The van der Waals surface area contributed by atoms with Crippen molar-refractivity contribution in [2.45, 2.75) is 31.5 Å². The van der Waals surface area contributed by atoms with Gasteiger partial charge < -0.3 is 5.32 Å². The van der Waals surface area contributed by atoms with E-state index in [1.165, 1.54) is 17.3 Å². The fourth-order valence-corrected chi connectivity index (χ4v) is 3.82. The Bertz CT molecular complexity index is 927. The maximum absolute atomic E-state index is 12.4.